The van der Waals surface area contributed by atoms with E-state index in [-0.39, 0.29) is 12.0 Å². The lowest BCUT2D eigenvalue weighted by molar-refractivity contribution is -0.0404. The quantitative estimate of drug-likeness (QED) is 0.694. The number of nitrogens with zero attached hydrogens (tertiary/aromatic N) is 4. The van der Waals surface area contributed by atoms with Crippen LogP contribution in [0.2, 0.25) is 0 Å². The molecule has 0 aromatic carbocycles. The molecule has 0 amide bonds. The Hall–Kier alpha value is -1.14. The van der Waals surface area contributed by atoms with E-state index in [1.165, 1.54) is 0 Å². The molecule has 1 saturated heterocycles. The number of likely N-dealkylation sites (N-methyl/N-ethyl adjacent to an activating group) is 1. The van der Waals surface area contributed by atoms with Gasteiger partial charge < -0.3 is 9.64 Å². The van der Waals surface area contributed by atoms with E-state index in [4.69, 9.17) is 15.3 Å². The summed E-state index contributed by atoms with van der Waals surface area (Å²) in [6.45, 7) is 4.16. The van der Waals surface area contributed by atoms with E-state index in [1.807, 2.05) is 14.1 Å². The molecule has 1 fully saturated rings. The third-order valence-corrected chi connectivity index (χ3v) is 3.06. The second kappa shape index (κ2) is 8.05. The predicted molar refractivity (Wildman–Crippen MR) is 68.7 cm³/mol. The molecule has 0 radical (unpaired) electrons. The maximum absolute atomic E-state index is 9.07. The Labute approximate surface area is 110 Å². The Morgan fingerprint density at radius 3 is 2.83 bits per heavy atom. The Balaban J connectivity index is 2.37. The highest BCUT2D eigenvalue weighted by atomic mass is 16.5. The number of rotatable bonds is 6. The second-order valence-electron chi connectivity index (χ2n) is 5.04. The van der Waals surface area contributed by atoms with E-state index in [2.05, 4.69) is 21.9 Å². The Morgan fingerprint density at radius 1 is 1.44 bits per heavy atom. The molecule has 0 bridgehead atoms. The van der Waals surface area contributed by atoms with Gasteiger partial charge in [0.05, 0.1) is 30.8 Å². The zero-order valence-electron chi connectivity index (χ0n) is 11.3. The molecule has 5 nitrogen and oxygen atoms in total. The zero-order valence-corrected chi connectivity index (χ0v) is 11.3. The van der Waals surface area contributed by atoms with Crippen LogP contribution in [0.25, 0.3) is 0 Å². The molecule has 5 heteroatoms. The third-order valence-electron chi connectivity index (χ3n) is 3.06. The van der Waals surface area contributed by atoms with Crippen LogP contribution < -0.4 is 0 Å². The lowest BCUT2D eigenvalue weighted by Gasteiger charge is -2.34. The molecule has 0 aromatic rings. The number of morpholine rings is 1. The molecule has 0 aromatic heterocycles. The summed E-state index contributed by atoms with van der Waals surface area (Å²) < 4.78 is 5.70. The second-order valence-corrected chi connectivity index (χ2v) is 5.04. The summed E-state index contributed by atoms with van der Waals surface area (Å²) in [5.41, 5.74) is 0. The van der Waals surface area contributed by atoms with Crippen LogP contribution in [0.15, 0.2) is 0 Å². The highest BCUT2D eigenvalue weighted by Crippen LogP contribution is 2.12. The van der Waals surface area contributed by atoms with E-state index >= 15 is 0 Å². The van der Waals surface area contributed by atoms with Gasteiger partial charge in [-0.25, -0.2) is 0 Å². The maximum Gasteiger partial charge on any atom is 0.0829 e. The van der Waals surface area contributed by atoms with Gasteiger partial charge in [-0.15, -0.1) is 0 Å². The molecular formula is C13H22N4O. The van der Waals surface area contributed by atoms with E-state index < -0.39 is 0 Å². The van der Waals surface area contributed by atoms with Crippen molar-refractivity contribution in [3.05, 3.63) is 0 Å². The van der Waals surface area contributed by atoms with Crippen LogP contribution in [-0.4, -0.2) is 62.8 Å². The molecule has 0 spiro atoms. The Bertz CT molecular complexity index is 318. The molecule has 1 heterocycles. The van der Waals surface area contributed by atoms with Gasteiger partial charge in [-0.1, -0.05) is 0 Å². The molecule has 1 aliphatic rings. The van der Waals surface area contributed by atoms with Crippen LogP contribution in [0.4, 0.5) is 0 Å². The maximum atomic E-state index is 9.07. The summed E-state index contributed by atoms with van der Waals surface area (Å²) in [6, 6.07) is 4.40. The summed E-state index contributed by atoms with van der Waals surface area (Å²) in [5.74, 6) is -0.0391. The first-order valence-corrected chi connectivity index (χ1v) is 6.41. The topological polar surface area (TPSA) is 63.3 Å². The highest BCUT2D eigenvalue weighted by Gasteiger charge is 2.23. The van der Waals surface area contributed by atoms with Gasteiger partial charge in [0.15, 0.2) is 0 Å². The highest BCUT2D eigenvalue weighted by molar-refractivity contribution is 4.89. The van der Waals surface area contributed by atoms with Crippen LogP contribution in [-0.2, 0) is 4.74 Å². The molecule has 2 atom stereocenters. The number of hydrogen-bond donors (Lipinski definition) is 0. The Kier molecular flexibility index (Phi) is 6.67. The van der Waals surface area contributed by atoms with Crippen molar-refractivity contribution in [1.29, 1.82) is 10.5 Å². The van der Waals surface area contributed by atoms with Gasteiger partial charge in [0.1, 0.15) is 0 Å². The van der Waals surface area contributed by atoms with Crippen LogP contribution in [0.3, 0.4) is 0 Å². The molecule has 0 aliphatic carbocycles. The van der Waals surface area contributed by atoms with E-state index in [1.54, 1.807) is 0 Å². The van der Waals surface area contributed by atoms with Crippen molar-refractivity contribution >= 4 is 0 Å². The molecule has 0 saturated carbocycles. The third kappa shape index (κ3) is 5.46. The predicted octanol–water partition coefficient (Wildman–Crippen LogP) is 0.692. The molecule has 18 heavy (non-hydrogen) atoms. The fourth-order valence-corrected chi connectivity index (χ4v) is 2.21. The van der Waals surface area contributed by atoms with Gasteiger partial charge >= 0.3 is 0 Å². The van der Waals surface area contributed by atoms with Gasteiger partial charge in [0, 0.05) is 32.6 Å². The monoisotopic (exact) mass is 250 g/mol. The lowest BCUT2D eigenvalue weighted by atomic mass is 10.0. The average molecular weight is 250 g/mol. The molecule has 100 valence electrons. The van der Waals surface area contributed by atoms with E-state index in [9.17, 15) is 0 Å². The van der Waals surface area contributed by atoms with Gasteiger partial charge in [0.2, 0.25) is 0 Å². The minimum atomic E-state index is -0.0391. The minimum Gasteiger partial charge on any atom is -0.374 e. The summed E-state index contributed by atoms with van der Waals surface area (Å²) in [7, 11) is 4.07. The molecule has 0 unspecified atom stereocenters. The van der Waals surface area contributed by atoms with Gasteiger partial charge in [-0.3, -0.25) is 4.90 Å². The van der Waals surface area contributed by atoms with Crippen molar-refractivity contribution in [3.8, 4) is 12.1 Å². The zero-order chi connectivity index (χ0) is 13.4. The Morgan fingerprint density at radius 2 is 2.22 bits per heavy atom. The van der Waals surface area contributed by atoms with Crippen molar-refractivity contribution in [3.63, 3.8) is 0 Å². The van der Waals surface area contributed by atoms with E-state index in [0.29, 0.717) is 12.8 Å². The molecule has 1 rings (SSSR count). The van der Waals surface area contributed by atoms with Gasteiger partial charge in [-0.05, 0) is 20.5 Å². The van der Waals surface area contributed by atoms with Crippen molar-refractivity contribution in [2.45, 2.75) is 18.9 Å². The normalized spacial score (nSPS) is 22.4. The fraction of sp³-hybridized carbons (Fsp3) is 0.846. The first-order chi connectivity index (χ1) is 8.65. The van der Waals surface area contributed by atoms with Crippen LogP contribution in [0.1, 0.15) is 12.8 Å². The molecular weight excluding hydrogens is 228 g/mol. The van der Waals surface area contributed by atoms with Crippen LogP contribution in [0.5, 0.6) is 0 Å². The molecule has 1 aliphatic heterocycles. The first-order valence-electron chi connectivity index (χ1n) is 6.41. The molecule has 0 N–H and O–H groups in total. The summed E-state index contributed by atoms with van der Waals surface area (Å²) in [6.07, 6.45) is 1.36. The minimum absolute atomic E-state index is 0.0391. The fourth-order valence-electron chi connectivity index (χ4n) is 2.21. The van der Waals surface area contributed by atoms with Gasteiger partial charge in [-0.2, -0.15) is 10.5 Å². The lowest BCUT2D eigenvalue weighted by Crippen LogP contribution is -2.47. The standard InChI is InChI=1S/C13H22N4O/c1-16(2)10-13-11-17(6-7-18-13)9-12(8-15)4-3-5-14/h12-13H,3-4,6-7,9-11H2,1-2H3/t12-,13+/m0/s1. The first kappa shape index (κ1) is 14.9. The van der Waals surface area contributed by atoms with E-state index in [0.717, 1.165) is 32.8 Å². The van der Waals surface area contributed by atoms with Crippen LogP contribution >= 0.6 is 0 Å². The SMILES string of the molecule is CN(C)C[C@@H]1CN(C[C@H](C#N)CCC#N)CCO1. The average Bonchev–Trinajstić information content (AvgIpc) is 2.34. The summed E-state index contributed by atoms with van der Waals surface area (Å²) in [4.78, 5) is 4.40. The van der Waals surface area contributed by atoms with Crippen molar-refractivity contribution < 1.29 is 4.74 Å². The number of nitriles is 2. The van der Waals surface area contributed by atoms with Crippen molar-refractivity contribution in [1.82, 2.24) is 9.80 Å². The van der Waals surface area contributed by atoms with Crippen molar-refractivity contribution in [2.75, 3.05) is 46.9 Å². The number of ether oxygens (including phenoxy) is 1. The van der Waals surface area contributed by atoms with Crippen LogP contribution in [0, 0.1) is 28.6 Å². The summed E-state index contributed by atoms with van der Waals surface area (Å²) >= 11 is 0. The van der Waals surface area contributed by atoms with Crippen molar-refractivity contribution in [2.24, 2.45) is 5.92 Å². The van der Waals surface area contributed by atoms with Gasteiger partial charge in [0.25, 0.3) is 0 Å². The summed E-state index contributed by atoms with van der Waals surface area (Å²) in [5, 5.41) is 17.6. The number of hydrogen-bond acceptors (Lipinski definition) is 5. The largest absolute Gasteiger partial charge is 0.374 e. The smallest absolute Gasteiger partial charge is 0.0829 e.